The number of carbonyl (C=O) groups is 1. The minimum Gasteiger partial charge on any atom is -0.300 e. The van der Waals surface area contributed by atoms with E-state index in [1.807, 2.05) is 17.6 Å². The van der Waals surface area contributed by atoms with E-state index in [2.05, 4.69) is 50.7 Å². The van der Waals surface area contributed by atoms with E-state index in [0.29, 0.717) is 16.8 Å². The molecule has 3 heterocycles. The molecule has 3 aromatic rings. The second kappa shape index (κ2) is 9.94. The summed E-state index contributed by atoms with van der Waals surface area (Å²) in [6.07, 6.45) is 4.79. The van der Waals surface area contributed by atoms with Crippen LogP contribution in [0.15, 0.2) is 29.3 Å². The van der Waals surface area contributed by atoms with Crippen LogP contribution in [-0.4, -0.2) is 36.6 Å². The summed E-state index contributed by atoms with van der Waals surface area (Å²) in [6, 6.07) is 2.17. The van der Waals surface area contributed by atoms with Crippen LogP contribution in [0.1, 0.15) is 30.2 Å². The van der Waals surface area contributed by atoms with Crippen molar-refractivity contribution in [3.05, 3.63) is 34.0 Å². The Morgan fingerprint density at radius 1 is 1.32 bits per heavy atom. The number of rotatable bonds is 10. The van der Waals surface area contributed by atoms with E-state index in [-0.39, 0.29) is 11.7 Å². The molecule has 0 fully saturated rings. The molecular formula is C18H22N6OS3. The number of aryl methyl sites for hydroxylation is 2. The van der Waals surface area contributed by atoms with Gasteiger partial charge in [0, 0.05) is 22.4 Å². The van der Waals surface area contributed by atoms with Crippen molar-refractivity contribution in [1.82, 2.24) is 25.0 Å². The van der Waals surface area contributed by atoms with Gasteiger partial charge in [0.2, 0.25) is 11.0 Å². The summed E-state index contributed by atoms with van der Waals surface area (Å²) < 4.78 is 1.99. The lowest BCUT2D eigenvalue weighted by Crippen LogP contribution is -2.14. The number of aromatic nitrogens is 5. The highest BCUT2D eigenvalue weighted by Crippen LogP contribution is 2.28. The monoisotopic (exact) mass is 434 g/mol. The number of thioether (sulfide) groups is 1. The Morgan fingerprint density at radius 3 is 2.89 bits per heavy atom. The van der Waals surface area contributed by atoms with Gasteiger partial charge in [0.25, 0.3) is 0 Å². The number of hydrogen-bond acceptors (Lipinski definition) is 8. The van der Waals surface area contributed by atoms with E-state index in [1.165, 1.54) is 28.0 Å². The zero-order chi connectivity index (χ0) is 19.9. The highest BCUT2D eigenvalue weighted by atomic mass is 32.2. The minimum absolute atomic E-state index is 0.140. The first-order valence-corrected chi connectivity index (χ1v) is 11.7. The number of nitrogens with zero attached hydrogens (tertiary/aromatic N) is 5. The fourth-order valence-corrected chi connectivity index (χ4v) is 4.92. The zero-order valence-corrected chi connectivity index (χ0v) is 18.3. The van der Waals surface area contributed by atoms with Gasteiger partial charge in [-0.25, -0.2) is 0 Å². The first-order valence-electron chi connectivity index (χ1n) is 9.01. The molecule has 3 rings (SSSR count). The van der Waals surface area contributed by atoms with Crippen molar-refractivity contribution in [1.29, 1.82) is 0 Å². The van der Waals surface area contributed by atoms with Gasteiger partial charge in [0.1, 0.15) is 5.01 Å². The summed E-state index contributed by atoms with van der Waals surface area (Å²) in [7, 11) is 0. The number of nitrogens with one attached hydrogen (secondary N) is 1. The summed E-state index contributed by atoms with van der Waals surface area (Å²) in [5, 5.41) is 23.6. The molecule has 0 aromatic carbocycles. The Kier molecular flexibility index (Phi) is 7.35. The van der Waals surface area contributed by atoms with Gasteiger partial charge in [-0.3, -0.25) is 14.7 Å². The van der Waals surface area contributed by atoms with Crippen LogP contribution >= 0.6 is 34.4 Å². The first-order chi connectivity index (χ1) is 13.6. The van der Waals surface area contributed by atoms with Crippen LogP contribution in [0, 0.1) is 0 Å². The summed E-state index contributed by atoms with van der Waals surface area (Å²) >= 11 is 4.48. The van der Waals surface area contributed by atoms with E-state index in [4.69, 9.17) is 0 Å². The molecule has 7 nitrogen and oxygen atoms in total. The third kappa shape index (κ3) is 5.06. The topological polar surface area (TPSA) is 85.6 Å². The largest absolute Gasteiger partial charge is 0.300 e. The first kappa shape index (κ1) is 20.7. The number of allylic oxidation sites excluding steroid dienone is 1. The molecule has 0 aliphatic heterocycles. The van der Waals surface area contributed by atoms with E-state index in [0.717, 1.165) is 35.7 Å². The minimum atomic E-state index is -0.140. The summed E-state index contributed by atoms with van der Waals surface area (Å²) in [5.74, 6) is 0.888. The maximum atomic E-state index is 12.2. The quantitative estimate of drug-likeness (QED) is 0.378. The smallest absolute Gasteiger partial charge is 0.236 e. The Balaban J connectivity index is 1.68. The van der Waals surface area contributed by atoms with Crippen molar-refractivity contribution in [3.8, 4) is 11.4 Å². The molecule has 28 heavy (non-hydrogen) atoms. The molecule has 0 saturated carbocycles. The van der Waals surface area contributed by atoms with Gasteiger partial charge in [0.15, 0.2) is 11.0 Å². The van der Waals surface area contributed by atoms with Gasteiger partial charge in [-0.05, 0) is 18.9 Å². The van der Waals surface area contributed by atoms with Crippen LogP contribution < -0.4 is 5.32 Å². The van der Waals surface area contributed by atoms with Crippen LogP contribution in [0.2, 0.25) is 0 Å². The predicted molar refractivity (Wildman–Crippen MR) is 116 cm³/mol. The summed E-state index contributed by atoms with van der Waals surface area (Å²) in [5.41, 5.74) is 1.06. The standard InChI is InChI=1S/C18H22N6OS3/c1-4-7-13-9-12(10-26-13)16-21-23-18(24(16)8-5-2)27-11-14(25)19-17-22-20-15(6-3)28-17/h5,9-10H,2,4,6-8,11H2,1,3H3,(H,19,22,25). The van der Waals surface area contributed by atoms with E-state index in [9.17, 15) is 4.79 Å². The molecule has 1 amide bonds. The molecule has 0 bridgehead atoms. The Hall–Kier alpha value is -2.04. The second-order valence-electron chi connectivity index (χ2n) is 5.95. The fourth-order valence-electron chi connectivity index (χ4n) is 2.51. The van der Waals surface area contributed by atoms with Crippen molar-refractivity contribution >= 4 is 45.5 Å². The van der Waals surface area contributed by atoms with Crippen molar-refractivity contribution in [2.24, 2.45) is 0 Å². The van der Waals surface area contributed by atoms with Crippen LogP contribution in [-0.2, 0) is 24.2 Å². The van der Waals surface area contributed by atoms with Crippen molar-refractivity contribution in [2.75, 3.05) is 11.1 Å². The van der Waals surface area contributed by atoms with Crippen LogP contribution in [0.4, 0.5) is 5.13 Å². The predicted octanol–water partition coefficient (Wildman–Crippen LogP) is 4.29. The lowest BCUT2D eigenvalue weighted by Gasteiger charge is -2.06. The van der Waals surface area contributed by atoms with Crippen molar-refractivity contribution < 1.29 is 4.79 Å². The molecule has 0 aliphatic rings. The average molecular weight is 435 g/mol. The Bertz CT molecular complexity index is 945. The van der Waals surface area contributed by atoms with Gasteiger partial charge < -0.3 is 0 Å². The molecular weight excluding hydrogens is 412 g/mol. The van der Waals surface area contributed by atoms with Gasteiger partial charge >= 0.3 is 0 Å². The maximum Gasteiger partial charge on any atom is 0.236 e. The number of carbonyl (C=O) groups excluding carboxylic acids is 1. The molecule has 148 valence electrons. The van der Waals surface area contributed by atoms with Crippen LogP contribution in [0.25, 0.3) is 11.4 Å². The number of thiophene rings is 1. The molecule has 0 spiro atoms. The highest BCUT2D eigenvalue weighted by Gasteiger charge is 2.16. The van der Waals surface area contributed by atoms with Gasteiger partial charge in [0.05, 0.1) is 5.75 Å². The van der Waals surface area contributed by atoms with Crippen LogP contribution in [0.5, 0.6) is 0 Å². The van der Waals surface area contributed by atoms with Crippen molar-refractivity contribution in [3.63, 3.8) is 0 Å². The summed E-state index contributed by atoms with van der Waals surface area (Å²) in [6.45, 7) is 8.59. The molecule has 1 N–H and O–H groups in total. The van der Waals surface area contributed by atoms with Crippen LogP contribution in [0.3, 0.4) is 0 Å². The molecule has 0 radical (unpaired) electrons. The average Bonchev–Trinajstić information content (AvgIpc) is 3.41. The van der Waals surface area contributed by atoms with Crippen molar-refractivity contribution in [2.45, 2.75) is 44.8 Å². The number of hydrogen-bond donors (Lipinski definition) is 1. The number of anilines is 1. The van der Waals surface area contributed by atoms with Gasteiger partial charge in [-0.15, -0.1) is 38.3 Å². The molecule has 0 atom stereocenters. The maximum absolute atomic E-state index is 12.2. The fraction of sp³-hybridized carbons (Fsp3) is 0.389. The van der Waals surface area contributed by atoms with E-state index >= 15 is 0 Å². The van der Waals surface area contributed by atoms with Gasteiger partial charge in [-0.2, -0.15) is 0 Å². The lowest BCUT2D eigenvalue weighted by molar-refractivity contribution is -0.113. The van der Waals surface area contributed by atoms with Gasteiger partial charge in [-0.1, -0.05) is 49.4 Å². The lowest BCUT2D eigenvalue weighted by atomic mass is 10.2. The normalized spacial score (nSPS) is 10.9. The Labute approximate surface area is 176 Å². The molecule has 3 aromatic heterocycles. The number of amides is 1. The molecule has 10 heteroatoms. The molecule has 0 saturated heterocycles. The third-order valence-corrected chi connectivity index (χ3v) is 6.73. The third-order valence-electron chi connectivity index (χ3n) is 3.78. The van der Waals surface area contributed by atoms with E-state index in [1.54, 1.807) is 11.3 Å². The van der Waals surface area contributed by atoms with E-state index < -0.39 is 0 Å². The Morgan fingerprint density at radius 2 is 2.18 bits per heavy atom. The molecule has 0 unspecified atom stereocenters. The molecule has 0 aliphatic carbocycles. The SMILES string of the molecule is C=CCn1c(SCC(=O)Nc2nnc(CC)s2)nnc1-c1csc(CCC)c1. The second-order valence-corrected chi connectivity index (χ2v) is 8.95. The highest BCUT2D eigenvalue weighted by molar-refractivity contribution is 7.99. The zero-order valence-electron chi connectivity index (χ0n) is 15.8. The summed E-state index contributed by atoms with van der Waals surface area (Å²) in [4.78, 5) is 13.6.